The van der Waals surface area contributed by atoms with Gasteiger partial charge in [0.15, 0.2) is 11.1 Å². The van der Waals surface area contributed by atoms with E-state index in [-0.39, 0.29) is 5.75 Å². The van der Waals surface area contributed by atoms with Crippen LogP contribution < -0.4 is 0 Å². The molecule has 0 aromatic heterocycles. The molecule has 0 radical (unpaired) electrons. The number of phenolic OH excluding ortho intramolecular Hbond substituents is 1. The lowest BCUT2D eigenvalue weighted by Gasteiger charge is -2.11. The summed E-state index contributed by atoms with van der Waals surface area (Å²) in [4.78, 5) is 0.312. The Balaban J connectivity index is 2.75. The summed E-state index contributed by atoms with van der Waals surface area (Å²) in [6.45, 7) is 1.85. The Morgan fingerprint density at radius 3 is 2.41 bits per heavy atom. The van der Waals surface area contributed by atoms with Gasteiger partial charge in [0.25, 0.3) is 0 Å². The van der Waals surface area contributed by atoms with Crippen molar-refractivity contribution < 1.29 is 13.9 Å². The summed E-state index contributed by atoms with van der Waals surface area (Å²) in [7, 11) is 0. The van der Waals surface area contributed by atoms with Crippen molar-refractivity contribution in [2.24, 2.45) is 0 Å². The fraction of sp³-hybridized carbons (Fsp3) is 0.0769. The van der Waals surface area contributed by atoms with Crippen molar-refractivity contribution >= 4 is 11.1 Å². The molecule has 0 saturated heterocycles. The quantitative estimate of drug-likeness (QED) is 0.803. The van der Waals surface area contributed by atoms with E-state index in [1.54, 1.807) is 36.4 Å². The normalized spacial score (nSPS) is 12.4. The molecular weight excluding hydrogens is 236 g/mol. The molecule has 0 bridgehead atoms. The maximum Gasteiger partial charge on any atom is 0.187 e. The smallest absolute Gasteiger partial charge is 0.187 e. The molecule has 0 aliphatic heterocycles. The summed E-state index contributed by atoms with van der Waals surface area (Å²) in [5, 5.41) is 9.81. The molecule has 0 aliphatic carbocycles. The van der Waals surface area contributed by atoms with E-state index in [4.69, 9.17) is 0 Å². The van der Waals surface area contributed by atoms with Crippen molar-refractivity contribution in [1.82, 2.24) is 0 Å². The van der Waals surface area contributed by atoms with Gasteiger partial charge in [0.05, 0.1) is 4.90 Å². The first-order valence-corrected chi connectivity index (χ1v) is 6.21. The molecular formula is C13H12O3S. The molecule has 0 spiro atoms. The Bertz CT molecular complexity index is 579. The molecule has 2 N–H and O–H groups in total. The maximum atomic E-state index is 11.3. The highest BCUT2D eigenvalue weighted by molar-refractivity contribution is 7.79. The van der Waals surface area contributed by atoms with E-state index in [1.165, 1.54) is 0 Å². The molecule has 0 amide bonds. The van der Waals surface area contributed by atoms with Gasteiger partial charge in [0.1, 0.15) is 5.75 Å². The van der Waals surface area contributed by atoms with Crippen LogP contribution in [0.25, 0.3) is 11.1 Å². The van der Waals surface area contributed by atoms with Crippen LogP contribution in [0.5, 0.6) is 5.75 Å². The van der Waals surface area contributed by atoms with Crippen LogP contribution in [0.3, 0.4) is 0 Å². The molecule has 2 aromatic carbocycles. The van der Waals surface area contributed by atoms with Crippen LogP contribution in [0.1, 0.15) is 5.56 Å². The molecule has 88 valence electrons. The Morgan fingerprint density at radius 2 is 1.76 bits per heavy atom. The summed E-state index contributed by atoms with van der Waals surface area (Å²) < 4.78 is 20.6. The Hall–Kier alpha value is -1.65. The molecule has 0 heterocycles. The van der Waals surface area contributed by atoms with Crippen LogP contribution in [0.2, 0.25) is 0 Å². The van der Waals surface area contributed by atoms with Crippen molar-refractivity contribution in [3.63, 3.8) is 0 Å². The molecule has 1 unspecified atom stereocenters. The van der Waals surface area contributed by atoms with Crippen LogP contribution >= 0.6 is 0 Å². The van der Waals surface area contributed by atoms with Crippen LogP contribution in [-0.4, -0.2) is 13.9 Å². The van der Waals surface area contributed by atoms with Gasteiger partial charge in [0.2, 0.25) is 0 Å². The van der Waals surface area contributed by atoms with E-state index in [0.717, 1.165) is 5.56 Å². The lowest BCUT2D eigenvalue weighted by Crippen LogP contribution is -1.95. The number of hydrogen-bond donors (Lipinski definition) is 2. The lowest BCUT2D eigenvalue weighted by atomic mass is 10.00. The molecule has 2 aromatic rings. The van der Waals surface area contributed by atoms with Gasteiger partial charge >= 0.3 is 0 Å². The van der Waals surface area contributed by atoms with Gasteiger partial charge < -0.3 is 9.66 Å². The number of rotatable bonds is 2. The third-order valence-corrected chi connectivity index (χ3v) is 3.31. The predicted molar refractivity (Wildman–Crippen MR) is 67.3 cm³/mol. The van der Waals surface area contributed by atoms with Gasteiger partial charge in [-0.1, -0.05) is 30.3 Å². The first kappa shape index (κ1) is 11.8. The van der Waals surface area contributed by atoms with Gasteiger partial charge in [-0.25, -0.2) is 4.21 Å². The van der Waals surface area contributed by atoms with E-state index in [1.807, 2.05) is 13.0 Å². The summed E-state index contributed by atoms with van der Waals surface area (Å²) in [6, 6.07) is 11.9. The van der Waals surface area contributed by atoms with E-state index < -0.39 is 11.1 Å². The van der Waals surface area contributed by atoms with Crippen molar-refractivity contribution in [3.8, 4) is 16.9 Å². The van der Waals surface area contributed by atoms with Crippen molar-refractivity contribution in [2.75, 3.05) is 0 Å². The van der Waals surface area contributed by atoms with Gasteiger partial charge in [-0.15, -0.1) is 0 Å². The second kappa shape index (κ2) is 4.69. The van der Waals surface area contributed by atoms with E-state index in [0.29, 0.717) is 16.0 Å². The SMILES string of the molecule is Cc1cccc(S(=O)O)c1-c1ccccc1O. The second-order valence-electron chi connectivity index (χ2n) is 3.71. The minimum atomic E-state index is -2.07. The molecule has 1 atom stereocenters. The highest BCUT2D eigenvalue weighted by atomic mass is 32.2. The fourth-order valence-electron chi connectivity index (χ4n) is 1.82. The first-order chi connectivity index (χ1) is 8.11. The van der Waals surface area contributed by atoms with Gasteiger partial charge in [-0.2, -0.15) is 0 Å². The zero-order chi connectivity index (χ0) is 12.4. The topological polar surface area (TPSA) is 57.5 Å². The standard InChI is InChI=1S/C13H12O3S/c1-9-5-4-8-12(17(15)16)13(9)10-6-2-3-7-11(10)14/h2-8,14H,1H3,(H,15,16). The first-order valence-electron chi connectivity index (χ1n) is 5.10. The van der Waals surface area contributed by atoms with Crippen LogP contribution in [0, 0.1) is 6.92 Å². The van der Waals surface area contributed by atoms with Gasteiger partial charge in [0, 0.05) is 11.1 Å². The highest BCUT2D eigenvalue weighted by Crippen LogP contribution is 2.34. The Kier molecular flexibility index (Phi) is 3.26. The predicted octanol–water partition coefficient (Wildman–Crippen LogP) is 2.95. The molecule has 4 heteroatoms. The fourth-order valence-corrected chi connectivity index (χ4v) is 2.46. The monoisotopic (exact) mass is 248 g/mol. The van der Waals surface area contributed by atoms with E-state index in [2.05, 4.69) is 0 Å². The summed E-state index contributed by atoms with van der Waals surface area (Å²) in [6.07, 6.45) is 0. The molecule has 0 aliphatic rings. The van der Waals surface area contributed by atoms with Gasteiger partial charge in [-0.3, -0.25) is 0 Å². The zero-order valence-corrected chi connectivity index (χ0v) is 10.1. The highest BCUT2D eigenvalue weighted by Gasteiger charge is 2.14. The van der Waals surface area contributed by atoms with Crippen molar-refractivity contribution in [3.05, 3.63) is 48.0 Å². The number of benzene rings is 2. The van der Waals surface area contributed by atoms with Crippen LogP contribution in [0.15, 0.2) is 47.4 Å². The molecule has 2 rings (SSSR count). The Labute approximate surface area is 102 Å². The van der Waals surface area contributed by atoms with Crippen molar-refractivity contribution in [1.29, 1.82) is 0 Å². The van der Waals surface area contributed by atoms with Crippen molar-refractivity contribution in [2.45, 2.75) is 11.8 Å². The number of aromatic hydroxyl groups is 1. The average Bonchev–Trinajstić information content (AvgIpc) is 2.30. The molecule has 0 fully saturated rings. The second-order valence-corrected chi connectivity index (χ2v) is 4.65. The van der Waals surface area contributed by atoms with Gasteiger partial charge in [-0.05, 0) is 24.6 Å². The molecule has 0 saturated carbocycles. The number of aryl methyl sites for hydroxylation is 1. The van der Waals surface area contributed by atoms with E-state index >= 15 is 0 Å². The number of hydrogen-bond acceptors (Lipinski definition) is 2. The summed E-state index contributed by atoms with van der Waals surface area (Å²) >= 11 is -2.07. The third kappa shape index (κ3) is 2.23. The lowest BCUT2D eigenvalue weighted by molar-refractivity contribution is 0.477. The molecule has 3 nitrogen and oxygen atoms in total. The maximum absolute atomic E-state index is 11.3. The number of phenols is 1. The summed E-state index contributed by atoms with van der Waals surface area (Å²) in [5.74, 6) is 0.105. The average molecular weight is 248 g/mol. The zero-order valence-electron chi connectivity index (χ0n) is 9.25. The third-order valence-electron chi connectivity index (χ3n) is 2.60. The van der Waals surface area contributed by atoms with Crippen LogP contribution in [0.4, 0.5) is 0 Å². The Morgan fingerprint density at radius 1 is 1.06 bits per heavy atom. The minimum Gasteiger partial charge on any atom is -0.507 e. The largest absolute Gasteiger partial charge is 0.507 e. The number of para-hydroxylation sites is 1. The molecule has 17 heavy (non-hydrogen) atoms. The minimum absolute atomic E-state index is 0.105. The summed E-state index contributed by atoms with van der Waals surface area (Å²) in [5.41, 5.74) is 2.04. The van der Waals surface area contributed by atoms with E-state index in [9.17, 15) is 13.9 Å². The van der Waals surface area contributed by atoms with Crippen LogP contribution in [-0.2, 0) is 11.1 Å².